The first kappa shape index (κ1) is 28.2. The van der Waals surface area contributed by atoms with Gasteiger partial charge in [0.25, 0.3) is 0 Å². The molecule has 0 saturated carbocycles. The molecule has 0 aromatic heterocycles. The largest absolute Gasteiger partial charge is 0.491 e. The Balaban J connectivity index is 0.00000380. The van der Waals surface area contributed by atoms with Crippen LogP contribution in [0.15, 0.2) is 77.3 Å². The van der Waals surface area contributed by atoms with Crippen molar-refractivity contribution in [3.05, 3.63) is 88.4 Å². The first-order chi connectivity index (χ1) is 17.3. The predicted octanol–water partition coefficient (Wildman–Crippen LogP) is 5.18. The average molecular weight is 587 g/mol. The Labute approximate surface area is 231 Å². The Morgan fingerprint density at radius 1 is 1.03 bits per heavy atom. The molecule has 2 atom stereocenters. The molecule has 1 aliphatic rings. The maximum absolute atomic E-state index is 13.1. The highest BCUT2D eigenvalue weighted by molar-refractivity contribution is 9.10. The molecular weight excluding hydrogens is 558 g/mol. The molecule has 3 N–H and O–H groups in total. The summed E-state index contributed by atoms with van der Waals surface area (Å²) >= 11 is 3.44. The van der Waals surface area contributed by atoms with Gasteiger partial charge in [-0.3, -0.25) is 15.0 Å². The van der Waals surface area contributed by atoms with Gasteiger partial charge in [-0.2, -0.15) is 0 Å². The number of nitrogen functional groups attached to an aromatic ring is 1. The van der Waals surface area contributed by atoms with Gasteiger partial charge in [-0.1, -0.05) is 64.5 Å². The molecule has 0 unspecified atom stereocenters. The minimum atomic E-state index is -0.415. The summed E-state index contributed by atoms with van der Waals surface area (Å²) in [5, 5.41) is 7.52. The lowest BCUT2D eigenvalue weighted by Gasteiger charge is -2.25. The van der Waals surface area contributed by atoms with Crippen LogP contribution in [0, 0.1) is 11.3 Å². The predicted molar refractivity (Wildman–Crippen MR) is 149 cm³/mol. The number of nitrogens with two attached hydrogens (primary N) is 1. The fourth-order valence-electron chi connectivity index (χ4n) is 4.36. The summed E-state index contributed by atoms with van der Waals surface area (Å²) in [6.45, 7) is 0.777. The van der Waals surface area contributed by atoms with Gasteiger partial charge in [0.05, 0.1) is 25.5 Å². The lowest BCUT2D eigenvalue weighted by atomic mass is 10.0. The number of carbonyl (C=O) groups excluding carboxylic acids is 2. The maximum Gasteiger partial charge on any atom is 0.306 e. The summed E-state index contributed by atoms with van der Waals surface area (Å²) in [6, 6.07) is 22.9. The molecule has 1 amide bonds. The van der Waals surface area contributed by atoms with Crippen molar-refractivity contribution in [1.82, 2.24) is 4.90 Å². The molecule has 1 fully saturated rings. The van der Waals surface area contributed by atoms with Crippen LogP contribution in [-0.4, -0.2) is 42.4 Å². The van der Waals surface area contributed by atoms with Crippen molar-refractivity contribution in [2.45, 2.75) is 25.4 Å². The monoisotopic (exact) mass is 585 g/mol. The Morgan fingerprint density at radius 2 is 1.62 bits per heavy atom. The zero-order valence-electron chi connectivity index (χ0n) is 20.4. The summed E-state index contributed by atoms with van der Waals surface area (Å²) in [7, 11) is 1.34. The molecule has 194 valence electrons. The smallest absolute Gasteiger partial charge is 0.306 e. The van der Waals surface area contributed by atoms with Gasteiger partial charge in [-0.25, -0.2) is 0 Å². The molecule has 1 heterocycles. The van der Waals surface area contributed by atoms with Crippen LogP contribution in [0.2, 0.25) is 0 Å². The number of amidine groups is 1. The van der Waals surface area contributed by atoms with Gasteiger partial charge >= 0.3 is 5.97 Å². The highest BCUT2D eigenvalue weighted by Gasteiger charge is 2.40. The van der Waals surface area contributed by atoms with Crippen molar-refractivity contribution in [2.75, 3.05) is 13.7 Å². The molecule has 3 aromatic carbocycles. The summed E-state index contributed by atoms with van der Waals surface area (Å²) < 4.78 is 11.9. The summed E-state index contributed by atoms with van der Waals surface area (Å²) in [4.78, 5) is 26.8. The van der Waals surface area contributed by atoms with E-state index in [-0.39, 0.29) is 42.6 Å². The van der Waals surface area contributed by atoms with E-state index in [4.69, 9.17) is 20.6 Å². The minimum absolute atomic E-state index is 0. The van der Waals surface area contributed by atoms with Crippen LogP contribution in [0.3, 0.4) is 0 Å². The lowest BCUT2D eigenvalue weighted by molar-refractivity contribution is -0.145. The number of carbonyl (C=O) groups is 2. The molecule has 1 aliphatic heterocycles. The van der Waals surface area contributed by atoms with E-state index in [1.54, 1.807) is 0 Å². The van der Waals surface area contributed by atoms with Gasteiger partial charge in [-0.15, -0.1) is 12.4 Å². The topological polar surface area (TPSA) is 106 Å². The third-order valence-electron chi connectivity index (χ3n) is 6.36. The highest BCUT2D eigenvalue weighted by Crippen LogP contribution is 2.31. The van der Waals surface area contributed by atoms with Crippen LogP contribution in [0.25, 0.3) is 11.1 Å². The van der Waals surface area contributed by atoms with Gasteiger partial charge in [-0.05, 0) is 47.4 Å². The Bertz CT molecular complexity index is 1230. The molecule has 37 heavy (non-hydrogen) atoms. The van der Waals surface area contributed by atoms with Crippen LogP contribution < -0.4 is 10.5 Å². The van der Waals surface area contributed by atoms with Crippen molar-refractivity contribution < 1.29 is 19.1 Å². The second kappa shape index (κ2) is 12.7. The number of hydrogen-bond donors (Lipinski definition) is 2. The second-order valence-corrected chi connectivity index (χ2v) is 9.70. The molecule has 0 radical (unpaired) electrons. The number of hydrogen-bond acceptors (Lipinski definition) is 5. The average Bonchev–Trinajstić information content (AvgIpc) is 3.18. The fraction of sp³-hybridized carbons (Fsp3) is 0.250. The Hall–Kier alpha value is -3.36. The number of amides is 1. The number of nitrogens with one attached hydrogen (secondary N) is 1. The van der Waals surface area contributed by atoms with E-state index < -0.39 is 5.92 Å². The van der Waals surface area contributed by atoms with E-state index in [1.165, 1.54) is 7.11 Å². The van der Waals surface area contributed by atoms with E-state index in [0.717, 1.165) is 21.2 Å². The number of halogens is 2. The number of rotatable bonds is 9. The summed E-state index contributed by atoms with van der Waals surface area (Å²) in [6.07, 6.45) is 0.602. The summed E-state index contributed by atoms with van der Waals surface area (Å²) in [5.41, 5.74) is 9.25. The third kappa shape index (κ3) is 7.11. The number of methoxy groups -OCH3 is 1. The van der Waals surface area contributed by atoms with Gasteiger partial charge in [0, 0.05) is 16.6 Å². The van der Waals surface area contributed by atoms with E-state index in [2.05, 4.69) is 15.9 Å². The molecule has 4 rings (SSSR count). The van der Waals surface area contributed by atoms with Crippen LogP contribution in [0.1, 0.15) is 24.0 Å². The molecule has 0 spiro atoms. The van der Waals surface area contributed by atoms with Crippen molar-refractivity contribution in [1.29, 1.82) is 5.41 Å². The second-order valence-electron chi connectivity index (χ2n) is 8.79. The van der Waals surface area contributed by atoms with Gasteiger partial charge in [0.1, 0.15) is 18.2 Å². The Kier molecular flexibility index (Phi) is 9.72. The quantitative estimate of drug-likeness (QED) is 0.204. The summed E-state index contributed by atoms with van der Waals surface area (Å²) in [5.74, 6) is -0.112. The van der Waals surface area contributed by atoms with Crippen LogP contribution in [0.4, 0.5) is 0 Å². The standard InChI is InChI=1S/C28H28BrN3O4.ClH/c1-35-26(33)15-22-14-24(32(28(22)34)16-18-2-10-23(29)11-3-18)17-36-25-12-8-20(9-13-25)19-4-6-21(7-5-19)27(30)31;/h2-13,22,24H,14-17H2,1H3,(H3,30,31);1H/t22-,24-;/m0./s1. The SMILES string of the molecule is COC(=O)C[C@@H]1C[C@@H](COc2ccc(-c3ccc(C(=N)N)cc3)cc2)N(Cc2ccc(Br)cc2)C1=O.Cl. The maximum atomic E-state index is 13.1. The van der Waals surface area contributed by atoms with E-state index >= 15 is 0 Å². The zero-order valence-corrected chi connectivity index (χ0v) is 22.8. The number of esters is 1. The molecule has 9 heteroatoms. The molecule has 0 aliphatic carbocycles. The van der Waals surface area contributed by atoms with E-state index in [1.807, 2.05) is 77.7 Å². The normalized spacial score (nSPS) is 16.7. The third-order valence-corrected chi connectivity index (χ3v) is 6.89. The molecule has 3 aromatic rings. The molecular formula is C28H29BrClN3O4. The van der Waals surface area contributed by atoms with Crippen molar-refractivity contribution in [3.63, 3.8) is 0 Å². The van der Waals surface area contributed by atoms with E-state index in [0.29, 0.717) is 30.9 Å². The highest BCUT2D eigenvalue weighted by atomic mass is 79.9. The van der Waals surface area contributed by atoms with E-state index in [9.17, 15) is 9.59 Å². The number of ether oxygens (including phenoxy) is 2. The molecule has 1 saturated heterocycles. The number of likely N-dealkylation sites (tertiary alicyclic amines) is 1. The number of nitrogens with zero attached hydrogens (tertiary/aromatic N) is 1. The van der Waals surface area contributed by atoms with Crippen LogP contribution in [0.5, 0.6) is 5.75 Å². The molecule has 0 bridgehead atoms. The van der Waals surface area contributed by atoms with Crippen molar-refractivity contribution >= 4 is 46.0 Å². The van der Waals surface area contributed by atoms with Crippen LogP contribution in [-0.2, 0) is 20.9 Å². The lowest BCUT2D eigenvalue weighted by Crippen LogP contribution is -2.37. The van der Waals surface area contributed by atoms with Gasteiger partial charge in [0.15, 0.2) is 0 Å². The van der Waals surface area contributed by atoms with Crippen molar-refractivity contribution in [3.8, 4) is 16.9 Å². The first-order valence-corrected chi connectivity index (χ1v) is 12.4. The van der Waals surface area contributed by atoms with Crippen LogP contribution >= 0.6 is 28.3 Å². The minimum Gasteiger partial charge on any atom is -0.491 e. The van der Waals surface area contributed by atoms with Crippen molar-refractivity contribution in [2.24, 2.45) is 11.7 Å². The fourth-order valence-corrected chi connectivity index (χ4v) is 4.62. The first-order valence-electron chi connectivity index (χ1n) is 11.6. The van der Waals surface area contributed by atoms with Gasteiger partial charge in [0.2, 0.25) is 5.91 Å². The Morgan fingerprint density at radius 3 is 2.19 bits per heavy atom. The van der Waals surface area contributed by atoms with Gasteiger partial charge < -0.3 is 20.1 Å². The number of benzene rings is 3. The zero-order chi connectivity index (χ0) is 25.7. The molecule has 7 nitrogen and oxygen atoms in total.